The van der Waals surface area contributed by atoms with Crippen LogP contribution < -0.4 is 0 Å². The highest BCUT2D eigenvalue weighted by Gasteiger charge is 2.20. The third-order valence-electron chi connectivity index (χ3n) is 1.21. The zero-order valence-corrected chi connectivity index (χ0v) is 6.35. The van der Waals surface area contributed by atoms with Gasteiger partial charge in [-0.15, -0.1) is 17.8 Å². The van der Waals surface area contributed by atoms with Gasteiger partial charge in [0.1, 0.15) is 0 Å². The summed E-state index contributed by atoms with van der Waals surface area (Å²) in [5.41, 5.74) is 0.973. The van der Waals surface area contributed by atoms with Crippen molar-refractivity contribution >= 4 is 11.3 Å². The van der Waals surface area contributed by atoms with Crippen LogP contribution in [-0.2, 0) is 5.60 Å². The van der Waals surface area contributed by atoms with Crippen LogP contribution in [0.1, 0.15) is 12.6 Å². The average molecular weight is 153 g/mol. The highest BCUT2D eigenvalue weighted by Crippen LogP contribution is 2.18. The van der Waals surface area contributed by atoms with Crippen molar-refractivity contribution in [3.8, 4) is 12.3 Å². The summed E-state index contributed by atoms with van der Waals surface area (Å²) in [6.45, 7) is 1.54. The molecule has 52 valence electrons. The van der Waals surface area contributed by atoms with Gasteiger partial charge < -0.3 is 5.11 Å². The van der Waals surface area contributed by atoms with Crippen molar-refractivity contribution in [3.05, 3.63) is 16.6 Å². The van der Waals surface area contributed by atoms with Gasteiger partial charge in [-0.05, 0) is 6.92 Å². The van der Waals surface area contributed by atoms with E-state index in [4.69, 9.17) is 6.42 Å². The van der Waals surface area contributed by atoms with E-state index in [0.717, 1.165) is 0 Å². The smallest absolute Gasteiger partial charge is 0.165 e. The standard InChI is InChI=1S/C7H7NOS/c1-3-7(2,9)6-4-10-5-8-6/h1,4-5,9H,2H3/t7-/m0/s1. The number of terminal acetylenes is 1. The Bertz CT molecular complexity index is 245. The number of hydrogen-bond donors (Lipinski definition) is 1. The Balaban J connectivity index is 2.99. The van der Waals surface area contributed by atoms with Crippen molar-refractivity contribution in [1.82, 2.24) is 4.98 Å². The molecule has 0 amide bonds. The first-order chi connectivity index (χ1) is 4.67. The monoisotopic (exact) mass is 153 g/mol. The summed E-state index contributed by atoms with van der Waals surface area (Å²) < 4.78 is 0. The van der Waals surface area contributed by atoms with Crippen LogP contribution in [0.25, 0.3) is 0 Å². The number of aromatic nitrogens is 1. The summed E-state index contributed by atoms with van der Waals surface area (Å²) in [7, 11) is 0. The Morgan fingerprint density at radius 1 is 1.90 bits per heavy atom. The van der Waals surface area contributed by atoms with Crippen molar-refractivity contribution in [2.45, 2.75) is 12.5 Å². The van der Waals surface area contributed by atoms with Gasteiger partial charge in [0.2, 0.25) is 0 Å². The van der Waals surface area contributed by atoms with E-state index in [1.54, 1.807) is 17.8 Å². The van der Waals surface area contributed by atoms with Crippen LogP contribution in [0.5, 0.6) is 0 Å². The maximum Gasteiger partial charge on any atom is 0.165 e. The second-order valence-corrected chi connectivity index (χ2v) is 2.81. The van der Waals surface area contributed by atoms with Gasteiger partial charge in [-0.1, -0.05) is 5.92 Å². The van der Waals surface area contributed by atoms with Gasteiger partial charge in [-0.3, -0.25) is 0 Å². The molecule has 0 bridgehead atoms. The van der Waals surface area contributed by atoms with Crippen LogP contribution in [0.2, 0.25) is 0 Å². The fourth-order valence-corrected chi connectivity index (χ4v) is 1.18. The Labute approximate surface area is 63.5 Å². The maximum atomic E-state index is 9.39. The third kappa shape index (κ3) is 1.18. The molecule has 1 atom stereocenters. The van der Waals surface area contributed by atoms with E-state index in [-0.39, 0.29) is 0 Å². The predicted octanol–water partition coefficient (Wildman–Crippen LogP) is 0.984. The van der Waals surface area contributed by atoms with Gasteiger partial charge in [-0.2, -0.15) is 0 Å². The van der Waals surface area contributed by atoms with Crippen LogP contribution in [0.3, 0.4) is 0 Å². The minimum absolute atomic E-state index is 0.542. The van der Waals surface area contributed by atoms with Gasteiger partial charge >= 0.3 is 0 Å². The molecule has 0 fully saturated rings. The molecule has 2 nitrogen and oxygen atoms in total. The zero-order valence-electron chi connectivity index (χ0n) is 5.53. The summed E-state index contributed by atoms with van der Waals surface area (Å²) in [6.07, 6.45) is 5.06. The predicted molar refractivity (Wildman–Crippen MR) is 40.5 cm³/mol. The number of thiazole rings is 1. The minimum atomic E-state index is -1.21. The normalized spacial score (nSPS) is 15.7. The lowest BCUT2D eigenvalue weighted by Crippen LogP contribution is -2.18. The summed E-state index contributed by atoms with van der Waals surface area (Å²) in [6, 6.07) is 0. The summed E-state index contributed by atoms with van der Waals surface area (Å²) in [5, 5.41) is 11.1. The van der Waals surface area contributed by atoms with Gasteiger partial charge in [0, 0.05) is 5.38 Å². The number of nitrogens with zero attached hydrogens (tertiary/aromatic N) is 1. The van der Waals surface area contributed by atoms with E-state index in [0.29, 0.717) is 5.69 Å². The SMILES string of the molecule is C#C[C@](C)(O)c1cscn1. The van der Waals surface area contributed by atoms with Gasteiger partial charge in [0.15, 0.2) is 5.60 Å². The topological polar surface area (TPSA) is 33.1 Å². The van der Waals surface area contributed by atoms with E-state index in [1.165, 1.54) is 11.3 Å². The Kier molecular flexibility index (Phi) is 1.75. The van der Waals surface area contributed by atoms with Gasteiger partial charge in [-0.25, -0.2) is 4.98 Å². The first-order valence-electron chi connectivity index (χ1n) is 2.75. The van der Waals surface area contributed by atoms with Crippen LogP contribution in [0.15, 0.2) is 10.9 Å². The van der Waals surface area contributed by atoms with E-state index >= 15 is 0 Å². The van der Waals surface area contributed by atoms with Crippen molar-refractivity contribution in [2.75, 3.05) is 0 Å². The molecule has 0 aliphatic carbocycles. The molecule has 0 aliphatic heterocycles. The lowest BCUT2D eigenvalue weighted by atomic mass is 10.1. The van der Waals surface area contributed by atoms with E-state index in [1.807, 2.05) is 0 Å². The summed E-state index contributed by atoms with van der Waals surface area (Å²) >= 11 is 1.42. The molecule has 0 saturated carbocycles. The number of hydrogen-bond acceptors (Lipinski definition) is 3. The Hall–Kier alpha value is -0.850. The van der Waals surface area contributed by atoms with Crippen molar-refractivity contribution < 1.29 is 5.11 Å². The molecule has 1 N–H and O–H groups in total. The van der Waals surface area contributed by atoms with E-state index < -0.39 is 5.60 Å². The molecule has 1 aromatic heterocycles. The first-order valence-corrected chi connectivity index (χ1v) is 3.70. The van der Waals surface area contributed by atoms with Gasteiger partial charge in [0.05, 0.1) is 11.2 Å². The second-order valence-electron chi connectivity index (χ2n) is 2.09. The molecule has 0 saturated heterocycles. The quantitative estimate of drug-likeness (QED) is 0.610. The van der Waals surface area contributed by atoms with Crippen molar-refractivity contribution in [2.24, 2.45) is 0 Å². The lowest BCUT2D eigenvalue weighted by molar-refractivity contribution is 0.118. The number of aliphatic hydroxyl groups is 1. The maximum absolute atomic E-state index is 9.39. The molecule has 0 radical (unpaired) electrons. The van der Waals surface area contributed by atoms with Crippen molar-refractivity contribution in [1.29, 1.82) is 0 Å². The lowest BCUT2D eigenvalue weighted by Gasteiger charge is -2.11. The van der Waals surface area contributed by atoms with Crippen molar-refractivity contribution in [3.63, 3.8) is 0 Å². The fourth-order valence-electron chi connectivity index (χ4n) is 0.527. The Morgan fingerprint density at radius 3 is 3.00 bits per heavy atom. The van der Waals surface area contributed by atoms with E-state index in [9.17, 15) is 5.11 Å². The van der Waals surface area contributed by atoms with Crippen LogP contribution in [0.4, 0.5) is 0 Å². The highest BCUT2D eigenvalue weighted by molar-refractivity contribution is 7.07. The Morgan fingerprint density at radius 2 is 2.60 bits per heavy atom. The minimum Gasteiger partial charge on any atom is -0.372 e. The molecule has 1 rings (SSSR count). The van der Waals surface area contributed by atoms with Gasteiger partial charge in [0.25, 0.3) is 0 Å². The van der Waals surface area contributed by atoms with Crippen LogP contribution in [-0.4, -0.2) is 10.1 Å². The third-order valence-corrected chi connectivity index (χ3v) is 1.80. The largest absolute Gasteiger partial charge is 0.372 e. The molecule has 0 spiro atoms. The molecule has 0 unspecified atom stereocenters. The molecule has 1 heterocycles. The molecule has 0 aliphatic rings. The molecule has 1 aromatic rings. The van der Waals surface area contributed by atoms with Crippen LogP contribution in [0, 0.1) is 12.3 Å². The fraction of sp³-hybridized carbons (Fsp3) is 0.286. The molecule has 0 aromatic carbocycles. The average Bonchev–Trinajstić information content (AvgIpc) is 2.38. The molecule has 10 heavy (non-hydrogen) atoms. The summed E-state index contributed by atoms with van der Waals surface area (Å²) in [5.74, 6) is 2.24. The molecular formula is C7H7NOS. The zero-order chi connectivity index (χ0) is 7.61. The summed E-state index contributed by atoms with van der Waals surface area (Å²) in [4.78, 5) is 3.88. The molecular weight excluding hydrogens is 146 g/mol. The first kappa shape index (κ1) is 7.26. The van der Waals surface area contributed by atoms with Crippen LogP contribution >= 0.6 is 11.3 Å². The number of rotatable bonds is 1. The second kappa shape index (κ2) is 2.41. The highest BCUT2D eigenvalue weighted by atomic mass is 32.1. The molecule has 3 heteroatoms. The van der Waals surface area contributed by atoms with E-state index in [2.05, 4.69) is 10.9 Å².